The van der Waals surface area contributed by atoms with E-state index in [1.165, 1.54) is 0 Å². The third-order valence-corrected chi connectivity index (χ3v) is 2.33. The molecule has 1 rings (SSSR count). The van der Waals surface area contributed by atoms with Crippen molar-refractivity contribution >= 4 is 21.7 Å². The van der Waals surface area contributed by atoms with Gasteiger partial charge in [-0.3, -0.25) is 4.79 Å². The van der Waals surface area contributed by atoms with Gasteiger partial charge in [0.15, 0.2) is 5.78 Å². The minimum atomic E-state index is -4.97. The number of Topliss-reactive ketones (excluding diaryl/α,β-unsaturated/α-hetero) is 1. The molecule has 0 atom stereocenters. The third-order valence-electron chi connectivity index (χ3n) is 1.82. The molecule has 0 radical (unpaired) electrons. The number of hydrogen-bond donors (Lipinski definition) is 0. The summed E-state index contributed by atoms with van der Waals surface area (Å²) in [4.78, 5) is 11.4. The van der Waals surface area contributed by atoms with E-state index in [4.69, 9.17) is 0 Å². The second-order valence-corrected chi connectivity index (χ2v) is 3.70. The van der Waals surface area contributed by atoms with Crippen LogP contribution in [0.2, 0.25) is 0 Å². The van der Waals surface area contributed by atoms with Gasteiger partial charge in [-0.2, -0.15) is 8.78 Å². The zero-order valence-corrected chi connectivity index (χ0v) is 10.6. The Hall–Kier alpha value is -1.38. The molecular weight excluding hydrogens is 343 g/mol. The predicted octanol–water partition coefficient (Wildman–Crippen LogP) is 3.76. The molecular formula is C10H6BrF5O3. The molecule has 0 bridgehead atoms. The Labute approximate surface area is 112 Å². The molecule has 3 nitrogen and oxygen atoms in total. The van der Waals surface area contributed by atoms with Crippen molar-refractivity contribution in [2.24, 2.45) is 0 Å². The van der Waals surface area contributed by atoms with Gasteiger partial charge in [0.25, 0.3) is 0 Å². The van der Waals surface area contributed by atoms with Gasteiger partial charge in [-0.1, -0.05) is 15.9 Å². The van der Waals surface area contributed by atoms with Gasteiger partial charge in [0.05, 0.1) is 10.9 Å². The van der Waals surface area contributed by atoms with E-state index >= 15 is 0 Å². The molecule has 19 heavy (non-hydrogen) atoms. The molecule has 0 aliphatic carbocycles. The average molecular weight is 349 g/mol. The molecule has 9 heteroatoms. The fraction of sp³-hybridized carbons (Fsp3) is 0.300. The summed E-state index contributed by atoms with van der Waals surface area (Å²) in [5, 5.41) is -0.188. The van der Waals surface area contributed by atoms with E-state index in [1.54, 1.807) is 0 Å². The van der Waals surface area contributed by atoms with E-state index in [0.717, 1.165) is 12.1 Å². The fourth-order valence-corrected chi connectivity index (χ4v) is 1.50. The Bertz CT molecular complexity index is 461. The number of rotatable bonds is 5. The van der Waals surface area contributed by atoms with Crippen molar-refractivity contribution in [3.05, 3.63) is 23.8 Å². The topological polar surface area (TPSA) is 35.5 Å². The van der Waals surface area contributed by atoms with E-state index in [9.17, 15) is 26.7 Å². The van der Waals surface area contributed by atoms with Crippen LogP contribution >= 0.6 is 15.9 Å². The van der Waals surface area contributed by atoms with Gasteiger partial charge >= 0.3 is 13.0 Å². The Morgan fingerprint density at radius 2 is 1.95 bits per heavy atom. The summed E-state index contributed by atoms with van der Waals surface area (Å²) in [5.41, 5.74) is -0.272. The highest BCUT2D eigenvalue weighted by Gasteiger charge is 2.31. The third kappa shape index (κ3) is 5.01. The minimum absolute atomic E-state index is 0.188. The number of hydrogen-bond acceptors (Lipinski definition) is 3. The van der Waals surface area contributed by atoms with Crippen LogP contribution in [0, 0.1) is 0 Å². The maximum atomic E-state index is 12.1. The zero-order chi connectivity index (χ0) is 14.6. The van der Waals surface area contributed by atoms with E-state index in [1.807, 2.05) is 0 Å². The summed E-state index contributed by atoms with van der Waals surface area (Å²) >= 11 is 2.82. The van der Waals surface area contributed by atoms with Crippen molar-refractivity contribution in [2.45, 2.75) is 13.0 Å². The Morgan fingerprint density at radius 3 is 2.42 bits per heavy atom. The van der Waals surface area contributed by atoms with Gasteiger partial charge in [0.1, 0.15) is 11.5 Å². The first-order valence-electron chi connectivity index (χ1n) is 4.66. The standard InChI is InChI=1S/C10H6BrF5O3/c11-4-7(17)6-2-1-5(19-10(14,15)16)3-8(6)18-9(12)13/h1-3,9H,4H2. The van der Waals surface area contributed by atoms with Crippen molar-refractivity contribution in [1.29, 1.82) is 0 Å². The van der Waals surface area contributed by atoms with Gasteiger partial charge in [0, 0.05) is 6.07 Å². The van der Waals surface area contributed by atoms with E-state index in [0.29, 0.717) is 6.07 Å². The number of ketones is 1. The maximum absolute atomic E-state index is 12.1. The number of carbonyl (C=O) groups is 1. The summed E-state index contributed by atoms with van der Waals surface area (Å²) < 4.78 is 67.7. The molecule has 0 unspecified atom stereocenters. The quantitative estimate of drug-likeness (QED) is 0.461. The number of halogens is 6. The lowest BCUT2D eigenvalue weighted by atomic mass is 10.1. The van der Waals surface area contributed by atoms with Crippen LogP contribution in [-0.2, 0) is 0 Å². The molecule has 0 heterocycles. The van der Waals surface area contributed by atoms with Crippen LogP contribution in [0.3, 0.4) is 0 Å². The summed E-state index contributed by atoms with van der Waals surface area (Å²) in [5.74, 6) is -2.05. The van der Waals surface area contributed by atoms with Crippen molar-refractivity contribution in [3.63, 3.8) is 0 Å². The lowest BCUT2D eigenvalue weighted by Gasteiger charge is -2.13. The maximum Gasteiger partial charge on any atom is 0.573 e. The number of ether oxygens (including phenoxy) is 2. The highest BCUT2D eigenvalue weighted by molar-refractivity contribution is 9.09. The summed E-state index contributed by atoms with van der Waals surface area (Å²) in [6, 6.07) is 2.33. The highest BCUT2D eigenvalue weighted by Crippen LogP contribution is 2.30. The van der Waals surface area contributed by atoms with Crippen molar-refractivity contribution < 1.29 is 36.2 Å². The van der Waals surface area contributed by atoms with E-state index in [-0.39, 0.29) is 10.9 Å². The number of carbonyl (C=O) groups excluding carboxylic acids is 1. The van der Waals surface area contributed by atoms with Crippen LogP contribution in [0.4, 0.5) is 22.0 Å². The molecule has 0 amide bonds. The Morgan fingerprint density at radius 1 is 1.32 bits per heavy atom. The first-order chi connectivity index (χ1) is 8.73. The largest absolute Gasteiger partial charge is 0.573 e. The second kappa shape index (κ2) is 6.18. The SMILES string of the molecule is O=C(CBr)c1ccc(OC(F)(F)F)cc1OC(F)F. The normalized spacial score (nSPS) is 11.5. The molecule has 0 aliphatic rings. The average Bonchev–Trinajstić information content (AvgIpc) is 2.25. The zero-order valence-electron chi connectivity index (χ0n) is 9.01. The highest BCUT2D eigenvalue weighted by atomic mass is 79.9. The minimum Gasteiger partial charge on any atom is -0.434 e. The second-order valence-electron chi connectivity index (χ2n) is 3.14. The van der Waals surface area contributed by atoms with Crippen molar-refractivity contribution in [3.8, 4) is 11.5 Å². The van der Waals surface area contributed by atoms with Gasteiger partial charge in [-0.05, 0) is 12.1 Å². The lowest BCUT2D eigenvalue weighted by Crippen LogP contribution is -2.17. The molecule has 0 spiro atoms. The molecule has 0 fully saturated rings. The first-order valence-corrected chi connectivity index (χ1v) is 5.79. The summed E-state index contributed by atoms with van der Waals surface area (Å²) in [7, 11) is 0. The van der Waals surface area contributed by atoms with Gasteiger partial charge in [-0.25, -0.2) is 0 Å². The smallest absolute Gasteiger partial charge is 0.434 e. The van der Waals surface area contributed by atoms with Crippen LogP contribution in [-0.4, -0.2) is 24.1 Å². The molecule has 0 aromatic heterocycles. The summed E-state index contributed by atoms with van der Waals surface area (Å²) in [6.45, 7) is -3.27. The monoisotopic (exact) mass is 348 g/mol. The van der Waals surface area contributed by atoms with Crippen LogP contribution in [0.5, 0.6) is 11.5 Å². The lowest BCUT2D eigenvalue weighted by molar-refractivity contribution is -0.274. The molecule has 0 N–H and O–H groups in total. The van der Waals surface area contributed by atoms with Crippen LogP contribution in [0.1, 0.15) is 10.4 Å². The van der Waals surface area contributed by atoms with Gasteiger partial charge in [0.2, 0.25) is 0 Å². The molecule has 0 aliphatic heterocycles. The van der Waals surface area contributed by atoms with E-state index in [2.05, 4.69) is 25.4 Å². The molecule has 1 aromatic carbocycles. The fourth-order valence-electron chi connectivity index (χ4n) is 1.20. The molecule has 1 aromatic rings. The molecule has 106 valence electrons. The molecule has 0 saturated heterocycles. The van der Waals surface area contributed by atoms with E-state index < -0.39 is 30.3 Å². The Balaban J connectivity index is 3.11. The summed E-state index contributed by atoms with van der Waals surface area (Å²) in [6.07, 6.45) is -4.97. The van der Waals surface area contributed by atoms with Crippen molar-refractivity contribution in [2.75, 3.05) is 5.33 Å². The van der Waals surface area contributed by atoms with Gasteiger partial charge in [-0.15, -0.1) is 13.2 Å². The predicted molar refractivity (Wildman–Crippen MR) is 57.9 cm³/mol. The number of benzene rings is 1. The number of alkyl halides is 6. The van der Waals surface area contributed by atoms with Crippen LogP contribution in [0.25, 0.3) is 0 Å². The van der Waals surface area contributed by atoms with Crippen LogP contribution < -0.4 is 9.47 Å². The molecule has 0 saturated carbocycles. The Kier molecular flexibility index (Phi) is 5.10. The first kappa shape index (κ1) is 15.7. The van der Waals surface area contributed by atoms with Crippen molar-refractivity contribution in [1.82, 2.24) is 0 Å². The van der Waals surface area contributed by atoms with Gasteiger partial charge < -0.3 is 9.47 Å². The van der Waals surface area contributed by atoms with Crippen LogP contribution in [0.15, 0.2) is 18.2 Å².